The second-order valence-electron chi connectivity index (χ2n) is 8.99. The molecule has 2 aromatic carbocycles. The third-order valence-electron chi connectivity index (χ3n) is 5.21. The quantitative estimate of drug-likeness (QED) is 0.276. The van der Waals surface area contributed by atoms with Gasteiger partial charge >= 0.3 is 6.09 Å². The Kier molecular flexibility index (Phi) is 7.19. The van der Waals surface area contributed by atoms with Crippen molar-refractivity contribution in [2.45, 2.75) is 37.8 Å². The van der Waals surface area contributed by atoms with Gasteiger partial charge in [-0.1, -0.05) is 36.4 Å². The lowest BCUT2D eigenvalue weighted by atomic mass is 10.1. The monoisotopic (exact) mass is 617 g/mol. The van der Waals surface area contributed by atoms with Crippen LogP contribution in [0.5, 0.6) is 0 Å². The molecule has 0 aliphatic heterocycles. The molecular formula is C26H24IN3O5S. The molecule has 0 fully saturated rings. The Bertz CT molecular complexity index is 1540. The Morgan fingerprint density at radius 2 is 1.67 bits per heavy atom. The number of hydrogen-bond donors (Lipinski definition) is 0. The van der Waals surface area contributed by atoms with Crippen molar-refractivity contribution in [1.82, 2.24) is 13.9 Å². The van der Waals surface area contributed by atoms with Crippen LogP contribution in [0.4, 0.5) is 4.79 Å². The predicted octanol–water partition coefficient (Wildman–Crippen LogP) is 5.46. The summed E-state index contributed by atoms with van der Waals surface area (Å²) in [6.07, 6.45) is 1.84. The highest BCUT2D eigenvalue weighted by Crippen LogP contribution is 2.27. The van der Waals surface area contributed by atoms with Gasteiger partial charge in [-0.25, -0.2) is 27.1 Å². The number of hydrogen-bond acceptors (Lipinski definition) is 6. The van der Waals surface area contributed by atoms with Crippen LogP contribution in [-0.2, 0) is 21.3 Å². The summed E-state index contributed by atoms with van der Waals surface area (Å²) in [6.45, 7) is 5.08. The van der Waals surface area contributed by atoms with Gasteiger partial charge in [0.05, 0.1) is 17.0 Å². The molecular weight excluding hydrogens is 593 g/mol. The molecule has 0 aliphatic rings. The molecule has 0 radical (unpaired) electrons. The number of pyridine rings is 1. The fourth-order valence-electron chi connectivity index (χ4n) is 3.57. The van der Waals surface area contributed by atoms with Gasteiger partial charge in [0.2, 0.25) is 0 Å². The van der Waals surface area contributed by atoms with Crippen LogP contribution < -0.4 is 0 Å². The molecule has 186 valence electrons. The van der Waals surface area contributed by atoms with Gasteiger partial charge in [-0.3, -0.25) is 4.79 Å². The van der Waals surface area contributed by atoms with Crippen molar-refractivity contribution in [3.8, 4) is 0 Å². The van der Waals surface area contributed by atoms with Gasteiger partial charge in [0, 0.05) is 21.4 Å². The normalized spacial score (nSPS) is 11.9. The van der Waals surface area contributed by atoms with Crippen molar-refractivity contribution in [1.29, 1.82) is 0 Å². The Morgan fingerprint density at radius 3 is 2.33 bits per heavy atom. The second-order valence-corrected chi connectivity index (χ2v) is 12.0. The maximum atomic E-state index is 13.9. The average molecular weight is 617 g/mol. The van der Waals surface area contributed by atoms with Crippen molar-refractivity contribution < 1.29 is 22.7 Å². The van der Waals surface area contributed by atoms with E-state index >= 15 is 0 Å². The SMILES string of the molecule is CC(C)(C)OC(=O)N(Cc1ccccc1I)C(=O)c1cn(S(=O)(=O)c2ccccc2)c2ncccc12. The van der Waals surface area contributed by atoms with Gasteiger partial charge in [-0.2, -0.15) is 0 Å². The maximum absolute atomic E-state index is 13.9. The van der Waals surface area contributed by atoms with E-state index in [0.717, 1.165) is 18.0 Å². The molecule has 4 aromatic rings. The van der Waals surface area contributed by atoms with Crippen molar-refractivity contribution in [2.24, 2.45) is 0 Å². The van der Waals surface area contributed by atoms with Crippen molar-refractivity contribution >= 4 is 55.6 Å². The summed E-state index contributed by atoms with van der Waals surface area (Å²) in [6, 6.07) is 18.5. The van der Waals surface area contributed by atoms with Crippen LogP contribution in [-0.4, -0.2) is 39.9 Å². The molecule has 0 aliphatic carbocycles. The predicted molar refractivity (Wildman–Crippen MR) is 144 cm³/mol. The second kappa shape index (κ2) is 10.0. The number of benzene rings is 2. The number of carbonyl (C=O) groups is 2. The van der Waals surface area contributed by atoms with Crippen molar-refractivity contribution in [2.75, 3.05) is 0 Å². The molecule has 10 heteroatoms. The fraction of sp³-hybridized carbons (Fsp3) is 0.192. The molecule has 0 saturated carbocycles. The number of carbonyl (C=O) groups excluding carboxylic acids is 2. The van der Waals surface area contributed by atoms with Gasteiger partial charge in [-0.05, 0) is 79.3 Å². The van der Waals surface area contributed by atoms with E-state index in [1.54, 1.807) is 51.1 Å². The summed E-state index contributed by atoms with van der Waals surface area (Å²) < 4.78 is 34.2. The molecule has 0 N–H and O–H groups in total. The number of halogens is 1. The fourth-order valence-corrected chi connectivity index (χ4v) is 5.47. The summed E-state index contributed by atoms with van der Waals surface area (Å²) in [5.41, 5.74) is 0.0136. The highest BCUT2D eigenvalue weighted by Gasteiger charge is 2.32. The van der Waals surface area contributed by atoms with E-state index in [2.05, 4.69) is 27.6 Å². The number of aromatic nitrogens is 2. The standard InChI is InChI=1S/C26H24IN3O5S/c1-26(2,3)35-25(32)29(16-18-10-7-8-14-22(18)27)24(31)21-17-30(23-20(21)13-9-15-28-23)36(33,34)19-11-5-4-6-12-19/h4-15,17H,16H2,1-3H3. The number of ether oxygens (including phenoxy) is 1. The van der Waals surface area contributed by atoms with Crippen molar-refractivity contribution in [3.05, 3.63) is 93.8 Å². The number of rotatable bonds is 5. The van der Waals surface area contributed by atoms with Gasteiger partial charge in [0.15, 0.2) is 5.65 Å². The van der Waals surface area contributed by atoms with E-state index in [-0.39, 0.29) is 22.7 Å². The van der Waals surface area contributed by atoms with Gasteiger partial charge in [-0.15, -0.1) is 0 Å². The van der Waals surface area contributed by atoms with Crippen LogP contribution in [0.1, 0.15) is 36.7 Å². The van der Waals surface area contributed by atoms with E-state index in [9.17, 15) is 18.0 Å². The highest BCUT2D eigenvalue weighted by molar-refractivity contribution is 14.1. The molecule has 0 saturated heterocycles. The minimum absolute atomic E-state index is 0.0226. The van der Waals surface area contributed by atoms with E-state index < -0.39 is 27.6 Å². The topological polar surface area (TPSA) is 98.6 Å². The van der Waals surface area contributed by atoms with Crippen LogP contribution >= 0.6 is 22.6 Å². The van der Waals surface area contributed by atoms with Gasteiger partial charge < -0.3 is 4.74 Å². The zero-order chi connectivity index (χ0) is 26.1. The zero-order valence-corrected chi connectivity index (χ0v) is 22.9. The molecule has 0 bridgehead atoms. The van der Waals surface area contributed by atoms with Crippen molar-refractivity contribution in [3.63, 3.8) is 0 Å². The lowest BCUT2D eigenvalue weighted by Crippen LogP contribution is -2.40. The molecule has 2 aromatic heterocycles. The van der Waals surface area contributed by atoms with Crippen LogP contribution in [0.2, 0.25) is 0 Å². The molecule has 36 heavy (non-hydrogen) atoms. The minimum Gasteiger partial charge on any atom is -0.443 e. The molecule has 0 unspecified atom stereocenters. The molecule has 2 amide bonds. The first-order chi connectivity index (χ1) is 17.0. The Balaban J connectivity index is 1.84. The molecule has 0 atom stereocenters. The Hall–Kier alpha value is -3.25. The van der Waals surface area contributed by atoms with Crippen LogP contribution in [0.3, 0.4) is 0 Å². The molecule has 0 spiro atoms. The minimum atomic E-state index is -4.05. The van der Waals surface area contributed by atoms with Crippen LogP contribution in [0, 0.1) is 3.57 Å². The lowest BCUT2D eigenvalue weighted by molar-refractivity contribution is 0.0227. The molecule has 4 rings (SSSR count). The van der Waals surface area contributed by atoms with E-state index in [1.807, 2.05) is 24.3 Å². The maximum Gasteiger partial charge on any atom is 0.417 e. The third-order valence-corrected chi connectivity index (χ3v) is 7.92. The lowest BCUT2D eigenvalue weighted by Gasteiger charge is -2.26. The zero-order valence-electron chi connectivity index (χ0n) is 19.9. The number of fused-ring (bicyclic) bond motifs is 1. The Morgan fingerprint density at radius 1 is 1.00 bits per heavy atom. The van der Waals surface area contributed by atoms with Crippen LogP contribution in [0.15, 0.2) is 84.0 Å². The van der Waals surface area contributed by atoms with E-state index in [0.29, 0.717) is 5.39 Å². The molecule has 2 heterocycles. The van der Waals surface area contributed by atoms with Gasteiger partial charge in [0.25, 0.3) is 15.9 Å². The summed E-state index contributed by atoms with van der Waals surface area (Å²) >= 11 is 2.14. The van der Waals surface area contributed by atoms with Crippen LogP contribution in [0.25, 0.3) is 11.0 Å². The average Bonchev–Trinajstić information content (AvgIpc) is 3.23. The first kappa shape index (κ1) is 25.8. The largest absolute Gasteiger partial charge is 0.443 e. The number of nitrogens with zero attached hydrogens (tertiary/aromatic N) is 3. The smallest absolute Gasteiger partial charge is 0.417 e. The van der Waals surface area contributed by atoms with Gasteiger partial charge in [0.1, 0.15) is 5.60 Å². The summed E-state index contributed by atoms with van der Waals surface area (Å²) in [5, 5.41) is 0.304. The Labute approximate surface area is 223 Å². The van der Waals surface area contributed by atoms with E-state index in [1.165, 1.54) is 24.5 Å². The third kappa shape index (κ3) is 5.29. The highest BCUT2D eigenvalue weighted by atomic mass is 127. The number of amides is 2. The summed E-state index contributed by atoms with van der Waals surface area (Å²) in [4.78, 5) is 32.3. The molecule has 8 nitrogen and oxygen atoms in total. The number of imide groups is 1. The van der Waals surface area contributed by atoms with E-state index in [4.69, 9.17) is 4.74 Å². The summed E-state index contributed by atoms with van der Waals surface area (Å²) in [5.74, 6) is -0.691. The summed E-state index contributed by atoms with van der Waals surface area (Å²) in [7, 11) is -4.05. The first-order valence-corrected chi connectivity index (χ1v) is 13.6. The first-order valence-electron chi connectivity index (χ1n) is 11.0.